The van der Waals surface area contributed by atoms with E-state index in [4.69, 9.17) is 9.40 Å². The Labute approximate surface area is 236 Å². The van der Waals surface area contributed by atoms with Crippen LogP contribution in [-0.2, 0) is 6.54 Å². The summed E-state index contributed by atoms with van der Waals surface area (Å²) in [5.74, 6) is 2.79. The molecular formula is C35H22BN4O+3. The van der Waals surface area contributed by atoms with Crippen LogP contribution in [0.2, 0.25) is 0 Å². The minimum Gasteiger partial charge on any atom is -0.422 e. The molecule has 4 aliphatic heterocycles. The lowest BCUT2D eigenvalue weighted by atomic mass is 9.39. The van der Waals surface area contributed by atoms with Crippen molar-refractivity contribution in [1.29, 1.82) is 0 Å². The number of para-hydroxylation sites is 1. The molecule has 5 nitrogen and oxygen atoms in total. The summed E-state index contributed by atoms with van der Waals surface area (Å²) in [5.41, 5.74) is 10.8. The highest BCUT2D eigenvalue weighted by Crippen LogP contribution is 2.37. The van der Waals surface area contributed by atoms with Gasteiger partial charge in [0.05, 0.1) is 17.2 Å². The number of aromatic nitrogens is 3. The molecule has 0 unspecified atom stereocenters. The van der Waals surface area contributed by atoms with Crippen LogP contribution < -0.4 is 29.5 Å². The second-order valence-electron chi connectivity index (χ2n) is 11.1. The summed E-state index contributed by atoms with van der Waals surface area (Å²) in [7, 11) is 0. The molecule has 4 aliphatic rings. The van der Waals surface area contributed by atoms with E-state index in [2.05, 4.69) is 129 Å². The molecule has 41 heavy (non-hydrogen) atoms. The molecular weight excluding hydrogens is 503 g/mol. The van der Waals surface area contributed by atoms with E-state index in [1.807, 2.05) is 6.21 Å². The SMILES string of the molecule is C1=[N+]=C2B(c3cccc4c3C3=C[n+]5cccc6c7ccccc7n(c65)-c5cccc([n+]5C3)O4)c3ccccc3C2=C1. The van der Waals surface area contributed by atoms with E-state index in [1.165, 1.54) is 43.9 Å². The van der Waals surface area contributed by atoms with E-state index >= 15 is 0 Å². The zero-order chi connectivity index (χ0) is 26.7. The average Bonchev–Trinajstić information content (AvgIpc) is 3.65. The fourth-order valence-electron chi connectivity index (χ4n) is 7.38. The van der Waals surface area contributed by atoms with Gasteiger partial charge < -0.3 is 4.74 Å². The monoisotopic (exact) mass is 525 g/mol. The maximum atomic E-state index is 6.82. The largest absolute Gasteiger partial charge is 0.422 e. The van der Waals surface area contributed by atoms with Crippen molar-refractivity contribution in [3.63, 3.8) is 0 Å². The van der Waals surface area contributed by atoms with Crippen LogP contribution in [-0.4, -0.2) is 23.1 Å². The molecule has 10 rings (SSSR count). The maximum Gasteiger partial charge on any atom is 0.352 e. The maximum absolute atomic E-state index is 6.82. The van der Waals surface area contributed by atoms with Gasteiger partial charge in [-0.1, -0.05) is 54.0 Å². The number of hydrogen-bond donors (Lipinski definition) is 0. The summed E-state index contributed by atoms with van der Waals surface area (Å²) in [6.07, 6.45) is 8.56. The van der Waals surface area contributed by atoms with Crippen LogP contribution in [0.15, 0.2) is 109 Å². The van der Waals surface area contributed by atoms with Crippen LogP contribution in [0, 0.1) is 0 Å². The van der Waals surface area contributed by atoms with Gasteiger partial charge in [0.25, 0.3) is 23.5 Å². The van der Waals surface area contributed by atoms with Crippen LogP contribution in [0.5, 0.6) is 11.6 Å². The minimum atomic E-state index is 0.0408. The molecule has 6 heteroatoms. The van der Waals surface area contributed by atoms with Crippen molar-refractivity contribution in [1.82, 2.24) is 9.24 Å². The fourth-order valence-corrected chi connectivity index (χ4v) is 7.38. The molecule has 6 aromatic rings. The Morgan fingerprint density at radius 3 is 2.66 bits per heavy atom. The van der Waals surface area contributed by atoms with Crippen molar-refractivity contribution in [2.45, 2.75) is 6.54 Å². The van der Waals surface area contributed by atoms with E-state index in [9.17, 15) is 0 Å². The third-order valence-corrected chi connectivity index (χ3v) is 8.99. The van der Waals surface area contributed by atoms with E-state index in [-0.39, 0.29) is 6.71 Å². The van der Waals surface area contributed by atoms with Gasteiger partial charge in [-0.05, 0) is 47.4 Å². The number of pyridine rings is 2. The molecule has 188 valence electrons. The Morgan fingerprint density at radius 2 is 1.66 bits per heavy atom. The lowest BCUT2D eigenvalue weighted by Crippen LogP contribution is -2.48. The standard InChI is InChI=1S/C35H22BN4O/c1-3-11-27-23(8-1)25-17-18-37-34(25)36(27)28-12-5-14-30-33(28)22-20-38-19-7-10-26-24-9-2-4-13-29(24)40(35(26)38)31-15-6-16-32(41-30)39(31)21-22/h1-20H,21H2/q+3. The van der Waals surface area contributed by atoms with E-state index in [0.29, 0.717) is 6.54 Å². The van der Waals surface area contributed by atoms with Crippen LogP contribution in [0.4, 0.5) is 0 Å². The first-order chi connectivity index (χ1) is 20.3. The smallest absolute Gasteiger partial charge is 0.352 e. The minimum absolute atomic E-state index is 0.0408. The summed E-state index contributed by atoms with van der Waals surface area (Å²) in [4.78, 5) is 0. The Balaban J connectivity index is 1.33. The zero-order valence-corrected chi connectivity index (χ0v) is 22.0. The molecule has 0 fully saturated rings. The first-order valence-corrected chi connectivity index (χ1v) is 14.0. The summed E-state index contributed by atoms with van der Waals surface area (Å²) in [5, 5.41) is 2.46. The van der Waals surface area contributed by atoms with Crippen molar-refractivity contribution >= 4 is 68.7 Å². The van der Waals surface area contributed by atoms with Gasteiger partial charge in [0.1, 0.15) is 24.0 Å². The van der Waals surface area contributed by atoms with E-state index in [0.717, 1.165) is 34.3 Å². The van der Waals surface area contributed by atoms with Gasteiger partial charge in [0.15, 0.2) is 0 Å². The number of hydrogen-bond acceptors (Lipinski definition) is 1. The van der Waals surface area contributed by atoms with E-state index < -0.39 is 0 Å². The number of fused-ring (bicyclic) bond motifs is 10. The Bertz CT molecular complexity index is 2320. The predicted molar refractivity (Wildman–Crippen MR) is 164 cm³/mol. The van der Waals surface area contributed by atoms with Crippen LogP contribution in [0.1, 0.15) is 11.1 Å². The van der Waals surface area contributed by atoms with Crippen LogP contribution in [0.3, 0.4) is 0 Å². The van der Waals surface area contributed by atoms with Gasteiger partial charge in [-0.2, -0.15) is 9.13 Å². The topological polar surface area (TPSA) is 36.0 Å². The fraction of sp³-hybridized carbons (Fsp3) is 0.0286. The quantitative estimate of drug-likeness (QED) is 0.184. The van der Waals surface area contributed by atoms with Crippen LogP contribution in [0.25, 0.3) is 45.1 Å². The number of allylic oxidation sites excluding steroid dienone is 3. The molecule has 0 N–H and O–H groups in total. The Hall–Kier alpha value is -5.45. The molecule has 0 aliphatic carbocycles. The molecule has 3 aromatic carbocycles. The summed E-state index contributed by atoms with van der Waals surface area (Å²) in [6, 6.07) is 34.6. The first-order valence-electron chi connectivity index (χ1n) is 14.0. The lowest BCUT2D eigenvalue weighted by molar-refractivity contribution is -0.683. The van der Waals surface area contributed by atoms with Crippen molar-refractivity contribution in [2.75, 3.05) is 0 Å². The zero-order valence-electron chi connectivity index (χ0n) is 22.0. The van der Waals surface area contributed by atoms with Gasteiger partial charge >= 0.3 is 12.4 Å². The molecule has 0 spiro atoms. The molecule has 0 amide bonds. The summed E-state index contributed by atoms with van der Waals surface area (Å²) < 4.78 is 18.7. The van der Waals surface area contributed by atoms with Crippen molar-refractivity contribution < 1.29 is 13.9 Å². The van der Waals surface area contributed by atoms with Gasteiger partial charge in [-0.15, -0.1) is 4.67 Å². The molecule has 0 saturated heterocycles. The van der Waals surface area contributed by atoms with Crippen molar-refractivity contribution in [3.8, 4) is 17.4 Å². The van der Waals surface area contributed by atoms with Crippen LogP contribution >= 0.6 is 0 Å². The highest BCUT2D eigenvalue weighted by atomic mass is 16.5. The second kappa shape index (κ2) is 7.60. The Morgan fingerprint density at radius 1 is 0.805 bits per heavy atom. The summed E-state index contributed by atoms with van der Waals surface area (Å²) in [6.45, 7) is 0.722. The van der Waals surface area contributed by atoms with Crippen molar-refractivity contribution in [2.24, 2.45) is 0 Å². The average molecular weight is 525 g/mol. The number of benzene rings is 3. The van der Waals surface area contributed by atoms with Gasteiger partial charge in [-0.3, -0.25) is 0 Å². The highest BCUT2D eigenvalue weighted by Gasteiger charge is 2.48. The van der Waals surface area contributed by atoms with Gasteiger partial charge in [0, 0.05) is 34.7 Å². The third-order valence-electron chi connectivity index (χ3n) is 8.99. The predicted octanol–water partition coefficient (Wildman–Crippen LogP) is 3.61. The first kappa shape index (κ1) is 21.4. The molecule has 3 aromatic heterocycles. The normalized spacial score (nSPS) is 15.3. The number of ether oxygens (including phenoxy) is 1. The van der Waals surface area contributed by atoms with Crippen molar-refractivity contribution in [3.05, 3.63) is 120 Å². The van der Waals surface area contributed by atoms with Gasteiger partial charge in [-0.25, -0.2) is 4.57 Å². The number of nitrogens with zero attached hydrogens (tertiary/aromatic N) is 4. The molecule has 0 atom stereocenters. The Kier molecular flexibility index (Phi) is 3.96. The molecule has 0 saturated carbocycles. The second-order valence-corrected chi connectivity index (χ2v) is 11.1. The lowest BCUT2D eigenvalue weighted by Gasteiger charge is -2.15. The number of rotatable bonds is 1. The van der Waals surface area contributed by atoms with E-state index in [1.54, 1.807) is 0 Å². The summed E-state index contributed by atoms with van der Waals surface area (Å²) >= 11 is 0. The molecule has 0 radical (unpaired) electrons. The molecule has 2 bridgehead atoms. The van der Waals surface area contributed by atoms with Gasteiger partial charge in [0.2, 0.25) is 0 Å². The highest BCUT2D eigenvalue weighted by molar-refractivity contribution is 7.16. The molecule has 7 heterocycles. The third kappa shape index (κ3) is 2.70.